The molecule has 3 heteroatoms. The Kier molecular flexibility index (Phi) is 4.62. The molecule has 2 aliphatic rings. The molecule has 2 saturated heterocycles. The molecule has 16 heavy (non-hydrogen) atoms. The number of hydrogen-bond acceptors (Lipinski definition) is 3. The maximum Gasteiger partial charge on any atom is 0.0593 e. The molecule has 0 bridgehead atoms. The van der Waals surface area contributed by atoms with Gasteiger partial charge in [-0.1, -0.05) is 13.8 Å². The molecule has 2 rings (SSSR count). The molecule has 1 N–H and O–H groups in total. The lowest BCUT2D eigenvalue weighted by atomic mass is 9.93. The zero-order chi connectivity index (χ0) is 11.4. The van der Waals surface area contributed by atoms with Gasteiger partial charge in [-0.15, -0.1) is 0 Å². The Bertz CT molecular complexity index is 208. The number of nitrogens with one attached hydrogen (secondary N) is 1. The van der Waals surface area contributed by atoms with E-state index < -0.39 is 0 Å². The maximum absolute atomic E-state index is 5.65. The first-order chi connectivity index (χ1) is 7.75. The summed E-state index contributed by atoms with van der Waals surface area (Å²) in [4.78, 5) is 2.58. The summed E-state index contributed by atoms with van der Waals surface area (Å²) >= 11 is 0. The minimum Gasteiger partial charge on any atom is -0.380 e. The molecule has 0 amide bonds. The number of hydrogen-bond donors (Lipinski definition) is 1. The third-order valence-corrected chi connectivity index (χ3v) is 3.74. The van der Waals surface area contributed by atoms with Crippen molar-refractivity contribution in [2.75, 3.05) is 39.4 Å². The zero-order valence-corrected chi connectivity index (χ0v) is 10.7. The molecule has 2 heterocycles. The van der Waals surface area contributed by atoms with Crippen LogP contribution in [0.15, 0.2) is 0 Å². The number of fused-ring (bicyclic) bond motifs is 1. The van der Waals surface area contributed by atoms with Crippen LogP contribution in [0.5, 0.6) is 0 Å². The highest BCUT2D eigenvalue weighted by molar-refractivity contribution is 4.90. The second-order valence-corrected chi connectivity index (χ2v) is 5.67. The fraction of sp³-hybridized carbons (Fsp3) is 1.00. The van der Waals surface area contributed by atoms with Crippen molar-refractivity contribution in [3.63, 3.8) is 0 Å². The summed E-state index contributed by atoms with van der Waals surface area (Å²) in [6.07, 6.45) is 2.70. The molecule has 0 aliphatic carbocycles. The Morgan fingerprint density at radius 1 is 1.38 bits per heavy atom. The van der Waals surface area contributed by atoms with Crippen LogP contribution in [0.1, 0.15) is 26.7 Å². The van der Waals surface area contributed by atoms with Crippen molar-refractivity contribution >= 4 is 0 Å². The van der Waals surface area contributed by atoms with Crippen LogP contribution in [0.25, 0.3) is 0 Å². The van der Waals surface area contributed by atoms with Gasteiger partial charge in [-0.2, -0.15) is 0 Å². The van der Waals surface area contributed by atoms with Gasteiger partial charge in [0, 0.05) is 25.7 Å². The molecule has 2 unspecified atom stereocenters. The molecule has 2 aliphatic heterocycles. The lowest BCUT2D eigenvalue weighted by Crippen LogP contribution is -2.45. The van der Waals surface area contributed by atoms with Gasteiger partial charge in [-0.3, -0.25) is 0 Å². The van der Waals surface area contributed by atoms with Crippen molar-refractivity contribution in [3.05, 3.63) is 0 Å². The van der Waals surface area contributed by atoms with Gasteiger partial charge in [-0.25, -0.2) is 0 Å². The highest BCUT2D eigenvalue weighted by Gasteiger charge is 2.32. The molecule has 2 atom stereocenters. The predicted molar refractivity (Wildman–Crippen MR) is 66.6 cm³/mol. The molecule has 0 radical (unpaired) electrons. The van der Waals surface area contributed by atoms with Crippen LogP contribution in [-0.2, 0) is 4.74 Å². The Hall–Kier alpha value is -0.120. The molecular formula is C13H26N2O. The van der Waals surface area contributed by atoms with Gasteiger partial charge in [0.15, 0.2) is 0 Å². The fourth-order valence-corrected chi connectivity index (χ4v) is 2.84. The van der Waals surface area contributed by atoms with E-state index in [2.05, 4.69) is 24.1 Å². The molecule has 2 fully saturated rings. The van der Waals surface area contributed by atoms with Crippen LogP contribution in [0.4, 0.5) is 0 Å². The van der Waals surface area contributed by atoms with Crippen LogP contribution >= 0.6 is 0 Å². The van der Waals surface area contributed by atoms with Crippen molar-refractivity contribution < 1.29 is 4.74 Å². The van der Waals surface area contributed by atoms with E-state index >= 15 is 0 Å². The number of rotatable bonds is 5. The van der Waals surface area contributed by atoms with Crippen LogP contribution < -0.4 is 5.32 Å². The summed E-state index contributed by atoms with van der Waals surface area (Å²) in [5.74, 6) is 1.56. The average Bonchev–Trinajstić information content (AvgIpc) is 2.71. The third-order valence-electron chi connectivity index (χ3n) is 3.74. The lowest BCUT2D eigenvalue weighted by Gasteiger charge is -2.34. The molecule has 94 valence electrons. The van der Waals surface area contributed by atoms with Gasteiger partial charge >= 0.3 is 0 Å². The fourth-order valence-electron chi connectivity index (χ4n) is 2.84. The minimum atomic E-state index is 0.657. The van der Waals surface area contributed by atoms with Crippen LogP contribution in [-0.4, -0.2) is 50.3 Å². The number of ether oxygens (including phenoxy) is 1. The topological polar surface area (TPSA) is 24.5 Å². The second-order valence-electron chi connectivity index (χ2n) is 5.67. The average molecular weight is 226 g/mol. The molecule has 0 spiro atoms. The Morgan fingerprint density at radius 3 is 3.06 bits per heavy atom. The van der Waals surface area contributed by atoms with E-state index in [0.717, 1.165) is 31.7 Å². The van der Waals surface area contributed by atoms with Crippen molar-refractivity contribution in [1.82, 2.24) is 10.2 Å². The largest absolute Gasteiger partial charge is 0.380 e. The smallest absolute Gasteiger partial charge is 0.0593 e. The first-order valence-corrected chi connectivity index (χ1v) is 6.79. The van der Waals surface area contributed by atoms with Crippen LogP contribution in [0.2, 0.25) is 0 Å². The summed E-state index contributed by atoms with van der Waals surface area (Å²) in [6, 6.07) is 0.813. The first-order valence-electron chi connectivity index (χ1n) is 6.79. The Labute approximate surface area is 99.5 Å². The normalized spacial score (nSPS) is 30.9. The molecule has 0 saturated carbocycles. The highest BCUT2D eigenvalue weighted by Crippen LogP contribution is 2.24. The third kappa shape index (κ3) is 3.44. The lowest BCUT2D eigenvalue weighted by molar-refractivity contribution is 0.0689. The van der Waals surface area contributed by atoms with Crippen molar-refractivity contribution in [2.24, 2.45) is 11.8 Å². The van der Waals surface area contributed by atoms with E-state index in [1.165, 1.54) is 32.5 Å². The molecule has 0 aromatic heterocycles. The number of nitrogens with zero attached hydrogens (tertiary/aromatic N) is 1. The predicted octanol–water partition coefficient (Wildman–Crippen LogP) is 1.34. The zero-order valence-electron chi connectivity index (χ0n) is 10.7. The summed E-state index contributed by atoms with van der Waals surface area (Å²) in [5.41, 5.74) is 0. The minimum absolute atomic E-state index is 0.657. The number of likely N-dealkylation sites (tertiary alicyclic amines) is 1. The highest BCUT2D eigenvalue weighted by atomic mass is 16.5. The summed E-state index contributed by atoms with van der Waals surface area (Å²) < 4.78 is 5.65. The van der Waals surface area contributed by atoms with Crippen molar-refractivity contribution in [3.8, 4) is 0 Å². The van der Waals surface area contributed by atoms with E-state index in [4.69, 9.17) is 4.74 Å². The Morgan fingerprint density at radius 2 is 2.25 bits per heavy atom. The summed E-state index contributed by atoms with van der Waals surface area (Å²) in [7, 11) is 0. The molecule has 0 aromatic rings. The van der Waals surface area contributed by atoms with Gasteiger partial charge in [0.05, 0.1) is 6.61 Å². The van der Waals surface area contributed by atoms with Gasteiger partial charge in [0.2, 0.25) is 0 Å². The SMILES string of the molecule is CC(C)COCCN1CCC2NCCC2C1. The monoisotopic (exact) mass is 226 g/mol. The van der Waals surface area contributed by atoms with E-state index in [1.807, 2.05) is 0 Å². The van der Waals surface area contributed by atoms with Crippen LogP contribution in [0.3, 0.4) is 0 Å². The quantitative estimate of drug-likeness (QED) is 0.716. The van der Waals surface area contributed by atoms with Gasteiger partial charge in [-0.05, 0) is 37.8 Å². The second kappa shape index (κ2) is 5.99. The van der Waals surface area contributed by atoms with Gasteiger partial charge < -0.3 is 15.0 Å². The maximum atomic E-state index is 5.65. The van der Waals surface area contributed by atoms with E-state index in [0.29, 0.717) is 5.92 Å². The first kappa shape index (κ1) is 12.3. The standard InChI is InChI=1S/C13H26N2O/c1-11(2)10-16-8-7-15-6-4-13-12(9-15)3-5-14-13/h11-14H,3-10H2,1-2H3. The van der Waals surface area contributed by atoms with Crippen LogP contribution in [0, 0.1) is 11.8 Å². The van der Waals surface area contributed by atoms with E-state index in [9.17, 15) is 0 Å². The molecule has 3 nitrogen and oxygen atoms in total. The number of piperidine rings is 1. The summed E-state index contributed by atoms with van der Waals surface area (Å²) in [6.45, 7) is 11.1. The van der Waals surface area contributed by atoms with Crippen molar-refractivity contribution in [1.29, 1.82) is 0 Å². The summed E-state index contributed by atoms with van der Waals surface area (Å²) in [5, 5.41) is 3.60. The van der Waals surface area contributed by atoms with Gasteiger partial charge in [0.1, 0.15) is 0 Å². The van der Waals surface area contributed by atoms with E-state index in [1.54, 1.807) is 0 Å². The van der Waals surface area contributed by atoms with Crippen molar-refractivity contribution in [2.45, 2.75) is 32.7 Å². The Balaban J connectivity index is 1.60. The van der Waals surface area contributed by atoms with Gasteiger partial charge in [0.25, 0.3) is 0 Å². The molecule has 0 aromatic carbocycles. The van der Waals surface area contributed by atoms with E-state index in [-0.39, 0.29) is 0 Å². The molecular weight excluding hydrogens is 200 g/mol.